The maximum Gasteiger partial charge on any atom is 0.221 e. The van der Waals surface area contributed by atoms with Gasteiger partial charge in [0.2, 0.25) is 5.16 Å². The summed E-state index contributed by atoms with van der Waals surface area (Å²) in [6.45, 7) is 1.93. The number of hydrogen-bond acceptors (Lipinski definition) is 7. The maximum atomic E-state index is 9.30. The average Bonchev–Trinajstić information content (AvgIpc) is 2.90. The highest BCUT2D eigenvalue weighted by Gasteiger charge is 2.11. The largest absolute Gasteiger partial charge is 0.508 e. The van der Waals surface area contributed by atoms with Gasteiger partial charge in [0, 0.05) is 12.4 Å². The lowest BCUT2D eigenvalue weighted by atomic mass is 10.3. The van der Waals surface area contributed by atoms with Crippen LogP contribution in [-0.4, -0.2) is 35.3 Å². The van der Waals surface area contributed by atoms with Gasteiger partial charge in [0.05, 0.1) is 5.69 Å². The van der Waals surface area contributed by atoms with Gasteiger partial charge in [-0.05, 0) is 58.9 Å². The molecule has 1 aromatic carbocycles. The van der Waals surface area contributed by atoms with Crippen LogP contribution >= 0.6 is 11.8 Å². The topological polar surface area (TPSA) is 89.6 Å². The number of phenolic OH excluding ortho intramolecular Hbond substituents is 1. The fraction of sp³-hybridized carbons (Fsp3) is 0.0833. The molecule has 2 heterocycles. The van der Waals surface area contributed by atoms with Crippen LogP contribution in [0, 0.1) is 6.92 Å². The lowest BCUT2D eigenvalue weighted by Gasteiger charge is -2.03. The highest BCUT2D eigenvalue weighted by molar-refractivity contribution is 7.99. The first kappa shape index (κ1) is 12.5. The number of aromatic nitrogens is 6. The molecule has 0 atom stereocenters. The number of phenols is 1. The van der Waals surface area contributed by atoms with Gasteiger partial charge in [-0.25, -0.2) is 9.97 Å². The van der Waals surface area contributed by atoms with Gasteiger partial charge >= 0.3 is 0 Å². The predicted octanol–water partition coefficient (Wildman–Crippen LogP) is 1.62. The molecule has 0 fully saturated rings. The molecule has 7 nitrogen and oxygen atoms in total. The Morgan fingerprint density at radius 1 is 1.10 bits per heavy atom. The minimum atomic E-state index is 0.192. The zero-order chi connectivity index (χ0) is 13.9. The summed E-state index contributed by atoms with van der Waals surface area (Å²) in [6.07, 6.45) is 3.48. The van der Waals surface area contributed by atoms with Crippen LogP contribution in [0.3, 0.4) is 0 Å². The van der Waals surface area contributed by atoms with Crippen LogP contribution < -0.4 is 0 Å². The fourth-order valence-corrected chi connectivity index (χ4v) is 2.19. The first-order chi connectivity index (χ1) is 9.72. The normalized spacial score (nSPS) is 10.7. The molecule has 0 saturated carbocycles. The van der Waals surface area contributed by atoms with Gasteiger partial charge in [0.15, 0.2) is 5.16 Å². The molecule has 0 aliphatic carbocycles. The smallest absolute Gasteiger partial charge is 0.221 e. The quantitative estimate of drug-likeness (QED) is 0.731. The van der Waals surface area contributed by atoms with E-state index >= 15 is 0 Å². The SMILES string of the molecule is Cc1cnc(Sc2nnnn2-c2ccc(O)cc2)nc1. The van der Waals surface area contributed by atoms with Gasteiger partial charge in [0.1, 0.15) is 5.75 Å². The number of benzene rings is 1. The van der Waals surface area contributed by atoms with Crippen molar-refractivity contribution in [3.8, 4) is 11.4 Å². The molecule has 100 valence electrons. The zero-order valence-electron chi connectivity index (χ0n) is 10.5. The minimum absolute atomic E-state index is 0.192. The number of tetrazole rings is 1. The van der Waals surface area contributed by atoms with Crippen LogP contribution in [0.25, 0.3) is 5.69 Å². The molecule has 0 saturated heterocycles. The molecule has 3 rings (SSSR count). The summed E-state index contributed by atoms with van der Waals surface area (Å²) in [4.78, 5) is 8.41. The summed E-state index contributed by atoms with van der Waals surface area (Å²) < 4.78 is 1.56. The Morgan fingerprint density at radius 3 is 2.50 bits per heavy atom. The van der Waals surface area contributed by atoms with Gasteiger partial charge in [-0.2, -0.15) is 4.68 Å². The van der Waals surface area contributed by atoms with E-state index in [1.54, 1.807) is 41.3 Å². The molecular weight excluding hydrogens is 276 g/mol. The predicted molar refractivity (Wildman–Crippen MR) is 71.7 cm³/mol. The monoisotopic (exact) mass is 286 g/mol. The summed E-state index contributed by atoms with van der Waals surface area (Å²) in [5.41, 5.74) is 1.75. The van der Waals surface area contributed by atoms with Crippen LogP contribution in [0.15, 0.2) is 47.0 Å². The van der Waals surface area contributed by atoms with Crippen molar-refractivity contribution in [2.45, 2.75) is 17.2 Å². The Morgan fingerprint density at radius 2 is 1.80 bits per heavy atom. The molecular formula is C12H10N6OS. The van der Waals surface area contributed by atoms with E-state index in [4.69, 9.17) is 0 Å². The maximum absolute atomic E-state index is 9.30. The second-order valence-corrected chi connectivity index (χ2v) is 4.97. The summed E-state index contributed by atoms with van der Waals surface area (Å²) >= 11 is 1.27. The van der Waals surface area contributed by atoms with Crippen LogP contribution in [0.2, 0.25) is 0 Å². The van der Waals surface area contributed by atoms with Crippen molar-refractivity contribution in [3.05, 3.63) is 42.2 Å². The fourth-order valence-electron chi connectivity index (χ4n) is 1.51. The molecule has 3 aromatic rings. The lowest BCUT2D eigenvalue weighted by molar-refractivity contribution is 0.475. The van der Waals surface area contributed by atoms with Crippen molar-refractivity contribution in [1.29, 1.82) is 0 Å². The van der Waals surface area contributed by atoms with E-state index in [1.165, 1.54) is 11.8 Å². The first-order valence-corrected chi connectivity index (χ1v) is 6.58. The lowest BCUT2D eigenvalue weighted by Crippen LogP contribution is -1.99. The highest BCUT2D eigenvalue weighted by Crippen LogP contribution is 2.24. The highest BCUT2D eigenvalue weighted by atomic mass is 32.2. The Hall–Kier alpha value is -2.48. The van der Waals surface area contributed by atoms with E-state index in [2.05, 4.69) is 25.5 Å². The first-order valence-electron chi connectivity index (χ1n) is 5.77. The van der Waals surface area contributed by atoms with Crippen molar-refractivity contribution in [3.63, 3.8) is 0 Å². The molecule has 0 aliphatic heterocycles. The molecule has 0 amide bonds. The second kappa shape index (κ2) is 5.25. The molecule has 0 aliphatic rings. The van der Waals surface area contributed by atoms with E-state index in [1.807, 2.05) is 6.92 Å². The number of nitrogens with zero attached hydrogens (tertiary/aromatic N) is 6. The van der Waals surface area contributed by atoms with E-state index in [0.717, 1.165) is 11.3 Å². The van der Waals surface area contributed by atoms with E-state index in [9.17, 15) is 5.11 Å². The van der Waals surface area contributed by atoms with Crippen LogP contribution in [0.5, 0.6) is 5.75 Å². The van der Waals surface area contributed by atoms with Crippen molar-refractivity contribution >= 4 is 11.8 Å². The third-order valence-electron chi connectivity index (χ3n) is 2.48. The second-order valence-electron chi connectivity index (χ2n) is 4.03. The van der Waals surface area contributed by atoms with Crippen molar-refractivity contribution < 1.29 is 5.11 Å². The molecule has 8 heteroatoms. The third-order valence-corrected chi connectivity index (χ3v) is 3.31. The van der Waals surface area contributed by atoms with Crippen LogP contribution in [-0.2, 0) is 0 Å². The average molecular weight is 286 g/mol. The molecule has 1 N–H and O–H groups in total. The van der Waals surface area contributed by atoms with Gasteiger partial charge in [-0.15, -0.1) is 5.10 Å². The zero-order valence-corrected chi connectivity index (χ0v) is 11.3. The molecule has 0 spiro atoms. The summed E-state index contributed by atoms with van der Waals surface area (Å²) in [5, 5.41) is 22.0. The summed E-state index contributed by atoms with van der Waals surface area (Å²) in [5.74, 6) is 0.192. The standard InChI is InChI=1S/C12H10N6OS/c1-8-6-13-11(14-7-8)20-12-15-16-17-18(12)9-2-4-10(19)5-3-9/h2-7,19H,1H3. The van der Waals surface area contributed by atoms with E-state index < -0.39 is 0 Å². The Kier molecular flexibility index (Phi) is 3.30. The number of rotatable bonds is 3. The van der Waals surface area contributed by atoms with Gasteiger partial charge in [-0.3, -0.25) is 0 Å². The van der Waals surface area contributed by atoms with E-state index in [-0.39, 0.29) is 5.75 Å². The van der Waals surface area contributed by atoms with Gasteiger partial charge in [0.25, 0.3) is 0 Å². The van der Waals surface area contributed by atoms with Gasteiger partial charge in [-0.1, -0.05) is 0 Å². The number of hydrogen-bond donors (Lipinski definition) is 1. The Balaban J connectivity index is 1.90. The summed E-state index contributed by atoms with van der Waals surface area (Å²) in [7, 11) is 0. The number of aromatic hydroxyl groups is 1. The molecule has 2 aromatic heterocycles. The van der Waals surface area contributed by atoms with Crippen molar-refractivity contribution in [1.82, 2.24) is 30.2 Å². The van der Waals surface area contributed by atoms with Crippen LogP contribution in [0.4, 0.5) is 0 Å². The Bertz CT molecular complexity index is 710. The van der Waals surface area contributed by atoms with Crippen molar-refractivity contribution in [2.75, 3.05) is 0 Å². The number of aryl methyl sites for hydroxylation is 1. The summed E-state index contributed by atoms with van der Waals surface area (Å²) in [6, 6.07) is 6.61. The molecule has 0 unspecified atom stereocenters. The van der Waals surface area contributed by atoms with Gasteiger partial charge < -0.3 is 5.11 Å². The van der Waals surface area contributed by atoms with Crippen LogP contribution in [0.1, 0.15) is 5.56 Å². The molecule has 0 bridgehead atoms. The third kappa shape index (κ3) is 2.59. The van der Waals surface area contributed by atoms with Crippen molar-refractivity contribution in [2.24, 2.45) is 0 Å². The van der Waals surface area contributed by atoms with E-state index in [0.29, 0.717) is 10.3 Å². The Labute approximate surface area is 118 Å². The molecule has 0 radical (unpaired) electrons. The molecule has 20 heavy (non-hydrogen) atoms. The minimum Gasteiger partial charge on any atom is -0.508 e.